The van der Waals surface area contributed by atoms with Crippen molar-refractivity contribution in [3.63, 3.8) is 0 Å². The summed E-state index contributed by atoms with van der Waals surface area (Å²) < 4.78 is 7.22. The average molecular weight is 314 g/mol. The fraction of sp³-hybridized carbons (Fsp3) is 0.357. The second-order valence-electron chi connectivity index (χ2n) is 4.64. The lowest BCUT2D eigenvalue weighted by atomic mass is 10.3. The molecule has 2 rings (SSSR count). The van der Waals surface area contributed by atoms with E-state index in [1.165, 1.54) is 0 Å². The molecule has 0 saturated carbocycles. The molecular weight excluding hydrogens is 297 g/mol. The zero-order valence-corrected chi connectivity index (χ0v) is 13.2. The maximum Gasteiger partial charge on any atom is 0.207 e. The van der Waals surface area contributed by atoms with Gasteiger partial charge in [-0.05, 0) is 26.0 Å². The number of halogens is 2. The first kappa shape index (κ1) is 15.2. The van der Waals surface area contributed by atoms with E-state index in [2.05, 4.69) is 17.2 Å². The molecule has 0 saturated heterocycles. The minimum absolute atomic E-state index is 0.168. The van der Waals surface area contributed by atoms with E-state index in [4.69, 9.17) is 27.9 Å². The second kappa shape index (κ2) is 6.48. The molecule has 1 atom stereocenters. The molecule has 1 aromatic heterocycles. The van der Waals surface area contributed by atoms with Crippen molar-refractivity contribution in [3.05, 3.63) is 40.1 Å². The predicted octanol–water partition coefficient (Wildman–Crippen LogP) is 4.45. The number of hydrogen-bond donors (Lipinski definition) is 1. The van der Waals surface area contributed by atoms with Crippen molar-refractivity contribution in [2.24, 2.45) is 0 Å². The van der Waals surface area contributed by atoms with Crippen LogP contribution in [0.3, 0.4) is 0 Å². The van der Waals surface area contributed by atoms with Gasteiger partial charge in [0.2, 0.25) is 5.95 Å². The number of aryl methyl sites for hydroxylation is 1. The van der Waals surface area contributed by atoms with Gasteiger partial charge in [-0.15, -0.1) is 0 Å². The van der Waals surface area contributed by atoms with Crippen LogP contribution in [0.4, 0.5) is 11.6 Å². The van der Waals surface area contributed by atoms with Gasteiger partial charge in [-0.1, -0.05) is 29.3 Å². The van der Waals surface area contributed by atoms with Crippen molar-refractivity contribution in [3.8, 4) is 0 Å². The summed E-state index contributed by atoms with van der Waals surface area (Å²) in [6.07, 6.45) is 1.98. The maximum atomic E-state index is 6.19. The second-order valence-corrected chi connectivity index (χ2v) is 5.43. The highest BCUT2D eigenvalue weighted by Gasteiger charge is 2.13. The van der Waals surface area contributed by atoms with Gasteiger partial charge in [0, 0.05) is 13.3 Å². The van der Waals surface area contributed by atoms with E-state index in [1.54, 1.807) is 13.2 Å². The Bertz CT molecular complexity index is 598. The van der Waals surface area contributed by atoms with E-state index in [0.717, 1.165) is 17.3 Å². The quantitative estimate of drug-likeness (QED) is 0.886. The third-order valence-electron chi connectivity index (χ3n) is 2.93. The van der Waals surface area contributed by atoms with Crippen LogP contribution < -0.4 is 5.32 Å². The third kappa shape index (κ3) is 3.26. The lowest BCUT2D eigenvalue weighted by Gasteiger charge is -2.16. The predicted molar refractivity (Wildman–Crippen MR) is 83.3 cm³/mol. The first-order valence-corrected chi connectivity index (χ1v) is 7.04. The summed E-state index contributed by atoms with van der Waals surface area (Å²) in [7, 11) is 1.68. The summed E-state index contributed by atoms with van der Waals surface area (Å²) in [5.41, 5.74) is 1.66. The highest BCUT2D eigenvalue weighted by molar-refractivity contribution is 6.43. The minimum Gasteiger partial charge on any atom is -0.383 e. The Kier molecular flexibility index (Phi) is 4.91. The lowest BCUT2D eigenvalue weighted by Crippen LogP contribution is -2.12. The van der Waals surface area contributed by atoms with E-state index >= 15 is 0 Å². The normalized spacial score (nSPS) is 12.4. The van der Waals surface area contributed by atoms with E-state index in [9.17, 15) is 0 Å². The van der Waals surface area contributed by atoms with Crippen molar-refractivity contribution in [2.75, 3.05) is 19.0 Å². The van der Waals surface area contributed by atoms with E-state index < -0.39 is 0 Å². The average Bonchev–Trinajstić information content (AvgIpc) is 2.76. The Balaban J connectivity index is 2.31. The van der Waals surface area contributed by atoms with Gasteiger partial charge in [-0.3, -0.25) is 0 Å². The number of nitrogens with zero attached hydrogens (tertiary/aromatic N) is 2. The standard InChI is InChI=1S/C14H17Cl2N3O/c1-9-7-19(10(2)8-20-3)14(17-9)18-12-6-4-5-11(15)13(12)16/h4-7,10H,8H2,1-3H3,(H,17,18). The van der Waals surface area contributed by atoms with Gasteiger partial charge in [0.25, 0.3) is 0 Å². The minimum atomic E-state index is 0.168. The van der Waals surface area contributed by atoms with Crippen LogP contribution in [0.15, 0.2) is 24.4 Å². The van der Waals surface area contributed by atoms with Crippen LogP contribution in [-0.2, 0) is 4.74 Å². The van der Waals surface area contributed by atoms with Crippen molar-refractivity contribution in [1.29, 1.82) is 0 Å². The van der Waals surface area contributed by atoms with E-state index in [1.807, 2.05) is 29.8 Å². The number of imidazole rings is 1. The van der Waals surface area contributed by atoms with Crippen molar-refractivity contribution < 1.29 is 4.74 Å². The molecule has 0 aliphatic carbocycles. The molecule has 108 valence electrons. The first-order chi connectivity index (χ1) is 9.52. The zero-order valence-electron chi connectivity index (χ0n) is 11.7. The molecule has 0 amide bonds. The molecule has 0 fully saturated rings. The van der Waals surface area contributed by atoms with E-state index in [0.29, 0.717) is 16.7 Å². The Morgan fingerprint density at radius 2 is 2.15 bits per heavy atom. The monoisotopic (exact) mass is 313 g/mol. The molecular formula is C14H17Cl2N3O. The summed E-state index contributed by atoms with van der Waals surface area (Å²) >= 11 is 12.2. The van der Waals surface area contributed by atoms with Gasteiger partial charge >= 0.3 is 0 Å². The fourth-order valence-corrected chi connectivity index (χ4v) is 2.33. The van der Waals surface area contributed by atoms with Gasteiger partial charge in [-0.25, -0.2) is 4.98 Å². The topological polar surface area (TPSA) is 39.1 Å². The van der Waals surface area contributed by atoms with Crippen LogP contribution in [-0.4, -0.2) is 23.3 Å². The highest BCUT2D eigenvalue weighted by atomic mass is 35.5. The number of rotatable bonds is 5. The molecule has 0 aliphatic rings. The molecule has 6 heteroatoms. The number of anilines is 2. The van der Waals surface area contributed by atoms with Crippen LogP contribution in [0, 0.1) is 6.92 Å². The van der Waals surface area contributed by atoms with E-state index in [-0.39, 0.29) is 6.04 Å². The van der Waals surface area contributed by atoms with Gasteiger partial charge < -0.3 is 14.6 Å². The molecule has 0 spiro atoms. The van der Waals surface area contributed by atoms with Crippen LogP contribution in [0.5, 0.6) is 0 Å². The van der Waals surface area contributed by atoms with Crippen LogP contribution in [0.2, 0.25) is 10.0 Å². The van der Waals surface area contributed by atoms with Crippen LogP contribution >= 0.6 is 23.2 Å². The van der Waals surface area contributed by atoms with Crippen molar-refractivity contribution >= 4 is 34.8 Å². The molecule has 2 aromatic rings. The summed E-state index contributed by atoms with van der Waals surface area (Å²) in [6.45, 7) is 4.61. The number of aromatic nitrogens is 2. The Hall–Kier alpha value is -1.23. The molecule has 1 aromatic carbocycles. The van der Waals surface area contributed by atoms with Crippen LogP contribution in [0.1, 0.15) is 18.7 Å². The molecule has 0 aliphatic heterocycles. The summed E-state index contributed by atoms with van der Waals surface area (Å²) in [5.74, 6) is 0.719. The molecule has 1 N–H and O–H groups in total. The maximum absolute atomic E-state index is 6.19. The van der Waals surface area contributed by atoms with Crippen LogP contribution in [0.25, 0.3) is 0 Å². The Morgan fingerprint density at radius 3 is 2.85 bits per heavy atom. The van der Waals surface area contributed by atoms with Gasteiger partial charge in [0.15, 0.2) is 0 Å². The SMILES string of the molecule is COCC(C)n1cc(C)nc1Nc1cccc(Cl)c1Cl. The number of hydrogen-bond acceptors (Lipinski definition) is 3. The smallest absolute Gasteiger partial charge is 0.207 e. The first-order valence-electron chi connectivity index (χ1n) is 6.28. The number of benzene rings is 1. The molecule has 0 bridgehead atoms. The van der Waals surface area contributed by atoms with Crippen molar-refractivity contribution in [2.45, 2.75) is 19.9 Å². The molecule has 20 heavy (non-hydrogen) atoms. The van der Waals surface area contributed by atoms with Gasteiger partial charge in [-0.2, -0.15) is 0 Å². The number of nitrogens with one attached hydrogen (secondary N) is 1. The number of methoxy groups -OCH3 is 1. The zero-order chi connectivity index (χ0) is 14.7. The van der Waals surface area contributed by atoms with Gasteiger partial charge in [0.1, 0.15) is 0 Å². The molecule has 1 heterocycles. The molecule has 4 nitrogen and oxygen atoms in total. The molecule has 1 unspecified atom stereocenters. The highest BCUT2D eigenvalue weighted by Crippen LogP contribution is 2.32. The van der Waals surface area contributed by atoms with Gasteiger partial charge in [0.05, 0.1) is 34.1 Å². The Morgan fingerprint density at radius 1 is 1.40 bits per heavy atom. The largest absolute Gasteiger partial charge is 0.383 e. The third-order valence-corrected chi connectivity index (χ3v) is 3.75. The van der Waals surface area contributed by atoms with Crippen molar-refractivity contribution in [1.82, 2.24) is 9.55 Å². The summed E-state index contributed by atoms with van der Waals surface area (Å²) in [4.78, 5) is 4.47. The Labute approximate surface area is 128 Å². The summed E-state index contributed by atoms with van der Waals surface area (Å²) in [6, 6.07) is 5.63. The number of ether oxygens (including phenoxy) is 1. The lowest BCUT2D eigenvalue weighted by molar-refractivity contribution is 0.163. The molecule has 0 radical (unpaired) electrons. The fourth-order valence-electron chi connectivity index (χ4n) is 1.99. The summed E-state index contributed by atoms with van der Waals surface area (Å²) in [5, 5.41) is 4.22.